The third-order valence-electron chi connectivity index (χ3n) is 4.18. The van der Waals surface area contributed by atoms with Crippen molar-refractivity contribution in [1.82, 2.24) is 0 Å². The van der Waals surface area contributed by atoms with Crippen molar-refractivity contribution in [1.29, 1.82) is 0 Å². The summed E-state index contributed by atoms with van der Waals surface area (Å²) >= 11 is 0. The van der Waals surface area contributed by atoms with Gasteiger partial charge in [-0.2, -0.15) is 0 Å². The molecule has 1 heterocycles. The fourth-order valence-electron chi connectivity index (χ4n) is 3.12. The summed E-state index contributed by atoms with van der Waals surface area (Å²) in [5.41, 5.74) is 3.59. The van der Waals surface area contributed by atoms with Crippen molar-refractivity contribution in [3.8, 4) is 0 Å². The Morgan fingerprint density at radius 2 is 2.00 bits per heavy atom. The zero-order valence-electron chi connectivity index (χ0n) is 10.3. The van der Waals surface area contributed by atoms with E-state index in [1.807, 2.05) is 6.07 Å². The Kier molecular flexibility index (Phi) is 2.94. The van der Waals surface area contributed by atoms with Gasteiger partial charge in [-0.05, 0) is 42.4 Å². The molecule has 4 heteroatoms. The second kappa shape index (κ2) is 4.35. The minimum absolute atomic E-state index is 0.130. The quantitative estimate of drug-likeness (QED) is 0.885. The van der Waals surface area contributed by atoms with Crippen LogP contribution < -0.4 is 0 Å². The van der Waals surface area contributed by atoms with Gasteiger partial charge < -0.3 is 5.11 Å². The molecule has 0 spiro atoms. The summed E-state index contributed by atoms with van der Waals surface area (Å²) in [6.45, 7) is 0. The van der Waals surface area contributed by atoms with Crippen LogP contribution in [0.25, 0.3) is 0 Å². The van der Waals surface area contributed by atoms with Gasteiger partial charge in [0.2, 0.25) is 0 Å². The number of rotatable bonds is 2. The van der Waals surface area contributed by atoms with Crippen molar-refractivity contribution >= 4 is 9.84 Å². The maximum atomic E-state index is 11.5. The molecule has 0 amide bonds. The van der Waals surface area contributed by atoms with Crippen LogP contribution in [0.15, 0.2) is 18.2 Å². The molecule has 2 aliphatic rings. The molecule has 1 N–H and O–H groups in total. The van der Waals surface area contributed by atoms with E-state index in [0.29, 0.717) is 6.42 Å². The molecule has 98 valence electrons. The Morgan fingerprint density at radius 3 is 2.72 bits per heavy atom. The first-order valence-electron chi connectivity index (χ1n) is 6.55. The van der Waals surface area contributed by atoms with Crippen LogP contribution in [0.2, 0.25) is 0 Å². The van der Waals surface area contributed by atoms with E-state index < -0.39 is 15.9 Å². The van der Waals surface area contributed by atoms with Crippen molar-refractivity contribution in [2.75, 3.05) is 11.5 Å². The zero-order chi connectivity index (χ0) is 12.8. The zero-order valence-corrected chi connectivity index (χ0v) is 11.1. The van der Waals surface area contributed by atoms with E-state index in [1.165, 1.54) is 17.5 Å². The predicted octanol–water partition coefficient (Wildman–Crippen LogP) is 1.64. The van der Waals surface area contributed by atoms with Crippen LogP contribution in [0.1, 0.15) is 35.6 Å². The average Bonchev–Trinajstić information content (AvgIpc) is 2.93. The summed E-state index contributed by atoms with van der Waals surface area (Å²) in [6.07, 6.45) is 3.35. The first-order chi connectivity index (χ1) is 8.55. The number of aryl methyl sites for hydroxylation is 2. The molecule has 3 nitrogen and oxygen atoms in total. The van der Waals surface area contributed by atoms with Gasteiger partial charge in [0.25, 0.3) is 0 Å². The summed E-state index contributed by atoms with van der Waals surface area (Å²) in [6, 6.07) is 6.11. The molecule has 18 heavy (non-hydrogen) atoms. The van der Waals surface area contributed by atoms with Crippen LogP contribution in [0, 0.1) is 5.92 Å². The molecule has 3 rings (SSSR count). The molecule has 1 aromatic carbocycles. The summed E-state index contributed by atoms with van der Waals surface area (Å²) in [5.74, 6) is 0.222. The van der Waals surface area contributed by atoms with E-state index in [-0.39, 0.29) is 17.4 Å². The van der Waals surface area contributed by atoms with Gasteiger partial charge in [-0.1, -0.05) is 18.2 Å². The van der Waals surface area contributed by atoms with E-state index >= 15 is 0 Å². The van der Waals surface area contributed by atoms with Crippen molar-refractivity contribution in [3.05, 3.63) is 34.9 Å². The fourth-order valence-corrected chi connectivity index (χ4v) is 4.95. The number of hydrogen-bond acceptors (Lipinski definition) is 3. The third kappa shape index (κ3) is 2.19. The van der Waals surface area contributed by atoms with Crippen molar-refractivity contribution in [2.24, 2.45) is 5.92 Å². The molecule has 1 fully saturated rings. The largest absolute Gasteiger partial charge is 0.388 e. The van der Waals surface area contributed by atoms with E-state index in [1.54, 1.807) is 0 Å². The Balaban J connectivity index is 1.83. The molecule has 1 aromatic rings. The normalized spacial score (nSPS) is 27.1. The lowest BCUT2D eigenvalue weighted by atomic mass is 9.93. The molecule has 1 aliphatic heterocycles. The molecule has 1 saturated heterocycles. The molecular formula is C14H18O3S. The first-order valence-corrected chi connectivity index (χ1v) is 8.37. The number of aliphatic hydroxyl groups excluding tert-OH is 1. The SMILES string of the molecule is O=S1(=O)CCC(C(O)c2ccc3c(c2)CCC3)C1. The highest BCUT2D eigenvalue weighted by Gasteiger charge is 2.33. The van der Waals surface area contributed by atoms with Crippen molar-refractivity contribution in [3.63, 3.8) is 0 Å². The second-order valence-corrected chi connectivity index (χ2v) is 7.72. The highest BCUT2D eigenvalue weighted by atomic mass is 32.2. The summed E-state index contributed by atoms with van der Waals surface area (Å²) in [7, 11) is -2.92. The average molecular weight is 266 g/mol. The Bertz CT molecular complexity index is 562. The van der Waals surface area contributed by atoms with E-state index in [4.69, 9.17) is 0 Å². The van der Waals surface area contributed by atoms with Crippen LogP contribution in [-0.2, 0) is 22.7 Å². The second-order valence-electron chi connectivity index (χ2n) is 5.49. The molecule has 2 unspecified atom stereocenters. The Hall–Kier alpha value is -0.870. The first kappa shape index (κ1) is 12.2. The summed E-state index contributed by atoms with van der Waals surface area (Å²) in [4.78, 5) is 0. The highest BCUT2D eigenvalue weighted by molar-refractivity contribution is 7.91. The minimum Gasteiger partial charge on any atom is -0.388 e. The number of fused-ring (bicyclic) bond motifs is 1. The fraction of sp³-hybridized carbons (Fsp3) is 0.571. The topological polar surface area (TPSA) is 54.4 Å². The number of hydrogen-bond donors (Lipinski definition) is 1. The highest BCUT2D eigenvalue weighted by Crippen LogP contribution is 2.33. The lowest BCUT2D eigenvalue weighted by molar-refractivity contribution is 0.121. The Labute approximate surface area is 108 Å². The molecule has 0 bridgehead atoms. The van der Waals surface area contributed by atoms with Crippen LogP contribution in [-0.4, -0.2) is 25.0 Å². The minimum atomic E-state index is -2.92. The molecular weight excluding hydrogens is 248 g/mol. The van der Waals surface area contributed by atoms with Crippen LogP contribution in [0.5, 0.6) is 0 Å². The summed E-state index contributed by atoms with van der Waals surface area (Å²) in [5, 5.41) is 10.3. The molecule has 0 saturated carbocycles. The van der Waals surface area contributed by atoms with E-state index in [9.17, 15) is 13.5 Å². The smallest absolute Gasteiger partial charge is 0.150 e. The lowest BCUT2D eigenvalue weighted by Crippen LogP contribution is -2.14. The summed E-state index contributed by atoms with van der Waals surface area (Å²) < 4.78 is 22.9. The van der Waals surface area contributed by atoms with Gasteiger partial charge in [0.1, 0.15) is 0 Å². The number of benzene rings is 1. The molecule has 0 radical (unpaired) electrons. The van der Waals surface area contributed by atoms with Crippen LogP contribution in [0.4, 0.5) is 0 Å². The number of aliphatic hydroxyl groups is 1. The van der Waals surface area contributed by atoms with E-state index in [2.05, 4.69) is 12.1 Å². The van der Waals surface area contributed by atoms with Crippen molar-refractivity contribution < 1.29 is 13.5 Å². The predicted molar refractivity (Wildman–Crippen MR) is 70.2 cm³/mol. The maximum Gasteiger partial charge on any atom is 0.150 e. The van der Waals surface area contributed by atoms with Gasteiger partial charge in [-0.3, -0.25) is 0 Å². The standard InChI is InChI=1S/C14H18O3S/c15-14(13-6-7-18(16,17)9-13)12-5-4-10-2-1-3-11(10)8-12/h4-5,8,13-15H,1-3,6-7,9H2. The van der Waals surface area contributed by atoms with Gasteiger partial charge >= 0.3 is 0 Å². The van der Waals surface area contributed by atoms with Gasteiger partial charge in [0.15, 0.2) is 9.84 Å². The molecule has 0 aromatic heterocycles. The van der Waals surface area contributed by atoms with Gasteiger partial charge in [-0.15, -0.1) is 0 Å². The van der Waals surface area contributed by atoms with Crippen LogP contribution >= 0.6 is 0 Å². The Morgan fingerprint density at radius 1 is 1.22 bits per heavy atom. The van der Waals surface area contributed by atoms with Crippen LogP contribution in [0.3, 0.4) is 0 Å². The molecule has 1 aliphatic carbocycles. The van der Waals surface area contributed by atoms with Gasteiger partial charge in [-0.25, -0.2) is 8.42 Å². The third-order valence-corrected chi connectivity index (χ3v) is 5.97. The maximum absolute atomic E-state index is 11.5. The lowest BCUT2D eigenvalue weighted by Gasteiger charge is -2.18. The monoisotopic (exact) mass is 266 g/mol. The number of sulfone groups is 1. The van der Waals surface area contributed by atoms with E-state index in [0.717, 1.165) is 18.4 Å². The molecule has 2 atom stereocenters. The van der Waals surface area contributed by atoms with Gasteiger partial charge in [0.05, 0.1) is 17.6 Å². The van der Waals surface area contributed by atoms with Gasteiger partial charge in [0, 0.05) is 5.92 Å². The van der Waals surface area contributed by atoms with Crippen molar-refractivity contribution in [2.45, 2.75) is 31.8 Å².